The molecule has 1 unspecified atom stereocenters. The number of hydrogen-bond donors (Lipinski definition) is 2. The van der Waals surface area contributed by atoms with Crippen molar-refractivity contribution in [3.05, 3.63) is 35.0 Å². The van der Waals surface area contributed by atoms with Crippen molar-refractivity contribution in [2.75, 3.05) is 0 Å². The van der Waals surface area contributed by atoms with Crippen molar-refractivity contribution in [3.63, 3.8) is 0 Å². The fourth-order valence-electron chi connectivity index (χ4n) is 2.74. The first-order valence-corrected chi connectivity index (χ1v) is 6.08. The van der Waals surface area contributed by atoms with Gasteiger partial charge in [0.2, 0.25) is 5.91 Å². The van der Waals surface area contributed by atoms with Crippen LogP contribution in [0.25, 0.3) is 10.9 Å². The van der Waals surface area contributed by atoms with Gasteiger partial charge in [0.25, 0.3) is 0 Å². The van der Waals surface area contributed by atoms with E-state index in [1.165, 1.54) is 23.1 Å². The molecule has 1 atom stereocenters. The molecule has 0 bridgehead atoms. The molecule has 1 heterocycles. The lowest BCUT2D eigenvalue weighted by atomic mass is 9.87. The highest BCUT2D eigenvalue weighted by atomic mass is 16.1. The molecule has 0 spiro atoms. The Balaban J connectivity index is 2.21. The Morgan fingerprint density at radius 3 is 3.06 bits per heavy atom. The van der Waals surface area contributed by atoms with Crippen LogP contribution >= 0.6 is 0 Å². The molecule has 0 saturated carbocycles. The van der Waals surface area contributed by atoms with Crippen LogP contribution in [0.4, 0.5) is 0 Å². The maximum atomic E-state index is 11.2. The zero-order valence-electron chi connectivity index (χ0n) is 9.92. The summed E-state index contributed by atoms with van der Waals surface area (Å²) in [6.07, 6.45) is 3.44. The Kier molecular flexibility index (Phi) is 2.21. The third-order valence-electron chi connectivity index (χ3n) is 3.72. The van der Waals surface area contributed by atoms with Crippen LogP contribution in [0.3, 0.4) is 0 Å². The maximum Gasteiger partial charge on any atom is 0.248 e. The Labute approximate surface area is 100 Å². The zero-order chi connectivity index (χ0) is 12.0. The van der Waals surface area contributed by atoms with Crippen LogP contribution in [0.2, 0.25) is 0 Å². The lowest BCUT2D eigenvalue weighted by Crippen LogP contribution is -2.11. The van der Waals surface area contributed by atoms with Crippen LogP contribution in [-0.4, -0.2) is 10.9 Å². The number of nitrogens with one attached hydrogen (secondary N) is 1. The summed E-state index contributed by atoms with van der Waals surface area (Å²) >= 11 is 0. The number of fused-ring (bicyclic) bond motifs is 3. The number of carbonyl (C=O) groups excluding carboxylic acids is 1. The van der Waals surface area contributed by atoms with Crippen LogP contribution in [0.1, 0.15) is 35.0 Å². The maximum absolute atomic E-state index is 11.2. The van der Waals surface area contributed by atoms with Crippen LogP contribution in [-0.2, 0) is 12.8 Å². The van der Waals surface area contributed by atoms with Gasteiger partial charge in [0.1, 0.15) is 0 Å². The summed E-state index contributed by atoms with van der Waals surface area (Å²) in [6, 6.07) is 5.67. The standard InChI is InChI=1S/C14H16N2O/c1-8-2-4-12-10(6-8)11-7-9(14(15)17)3-5-13(11)16-12/h3,5,7-8,16H,2,4,6H2,1H3,(H2,15,17). The van der Waals surface area contributed by atoms with Gasteiger partial charge in [-0.05, 0) is 48.9 Å². The molecule has 3 nitrogen and oxygen atoms in total. The summed E-state index contributed by atoms with van der Waals surface area (Å²) in [5, 5.41) is 1.17. The fourth-order valence-corrected chi connectivity index (χ4v) is 2.74. The first-order chi connectivity index (χ1) is 8.15. The van der Waals surface area contributed by atoms with E-state index in [2.05, 4.69) is 11.9 Å². The summed E-state index contributed by atoms with van der Waals surface area (Å²) in [6.45, 7) is 2.28. The Morgan fingerprint density at radius 1 is 1.47 bits per heavy atom. The van der Waals surface area contributed by atoms with E-state index in [1.807, 2.05) is 12.1 Å². The van der Waals surface area contributed by atoms with E-state index in [-0.39, 0.29) is 5.91 Å². The quantitative estimate of drug-likeness (QED) is 0.773. The predicted octanol–water partition coefficient (Wildman–Crippen LogP) is 2.39. The molecular formula is C14H16N2O. The van der Waals surface area contributed by atoms with E-state index < -0.39 is 0 Å². The predicted molar refractivity (Wildman–Crippen MR) is 68.0 cm³/mol. The third kappa shape index (κ3) is 1.62. The third-order valence-corrected chi connectivity index (χ3v) is 3.72. The van der Waals surface area contributed by atoms with Gasteiger partial charge in [0.15, 0.2) is 0 Å². The van der Waals surface area contributed by atoms with Gasteiger partial charge in [-0.15, -0.1) is 0 Å². The van der Waals surface area contributed by atoms with Gasteiger partial charge in [0, 0.05) is 22.2 Å². The summed E-state index contributed by atoms with van der Waals surface area (Å²) in [7, 11) is 0. The van der Waals surface area contributed by atoms with Gasteiger partial charge in [0.05, 0.1) is 0 Å². The van der Waals surface area contributed by atoms with Crippen molar-refractivity contribution in [1.82, 2.24) is 4.98 Å². The summed E-state index contributed by atoms with van der Waals surface area (Å²) < 4.78 is 0. The number of amides is 1. The number of aromatic nitrogens is 1. The Hall–Kier alpha value is -1.77. The Morgan fingerprint density at radius 2 is 2.29 bits per heavy atom. The minimum atomic E-state index is -0.356. The van der Waals surface area contributed by atoms with Gasteiger partial charge in [-0.3, -0.25) is 4.79 Å². The van der Waals surface area contributed by atoms with E-state index in [9.17, 15) is 4.79 Å². The highest BCUT2D eigenvalue weighted by Gasteiger charge is 2.20. The lowest BCUT2D eigenvalue weighted by Gasteiger charge is -2.18. The van der Waals surface area contributed by atoms with Crippen molar-refractivity contribution in [2.24, 2.45) is 11.7 Å². The average molecular weight is 228 g/mol. The van der Waals surface area contributed by atoms with E-state index in [0.717, 1.165) is 24.3 Å². The van der Waals surface area contributed by atoms with Crippen LogP contribution in [0.5, 0.6) is 0 Å². The smallest absolute Gasteiger partial charge is 0.248 e. The molecule has 1 aliphatic carbocycles. The molecule has 17 heavy (non-hydrogen) atoms. The zero-order valence-corrected chi connectivity index (χ0v) is 9.92. The first kappa shape index (κ1) is 10.4. The van der Waals surface area contributed by atoms with Crippen LogP contribution in [0, 0.1) is 5.92 Å². The van der Waals surface area contributed by atoms with Crippen molar-refractivity contribution in [1.29, 1.82) is 0 Å². The van der Waals surface area contributed by atoms with Crippen LogP contribution in [0.15, 0.2) is 18.2 Å². The molecule has 0 radical (unpaired) electrons. The molecule has 0 fully saturated rings. The van der Waals surface area contributed by atoms with E-state index in [4.69, 9.17) is 5.73 Å². The first-order valence-electron chi connectivity index (χ1n) is 6.08. The normalized spacial score (nSPS) is 19.2. The van der Waals surface area contributed by atoms with Crippen molar-refractivity contribution < 1.29 is 4.79 Å². The van der Waals surface area contributed by atoms with Gasteiger partial charge >= 0.3 is 0 Å². The lowest BCUT2D eigenvalue weighted by molar-refractivity contribution is 0.100. The minimum Gasteiger partial charge on any atom is -0.366 e. The molecule has 3 heteroatoms. The van der Waals surface area contributed by atoms with Crippen molar-refractivity contribution in [3.8, 4) is 0 Å². The summed E-state index contributed by atoms with van der Waals surface area (Å²) in [4.78, 5) is 14.7. The highest BCUT2D eigenvalue weighted by Crippen LogP contribution is 2.31. The molecule has 3 N–H and O–H groups in total. The number of hydrogen-bond acceptors (Lipinski definition) is 1. The average Bonchev–Trinajstić information content (AvgIpc) is 2.66. The largest absolute Gasteiger partial charge is 0.366 e. The number of nitrogens with two attached hydrogens (primary N) is 1. The number of primary amides is 1. The molecule has 1 aromatic heterocycles. The minimum absolute atomic E-state index is 0.356. The molecule has 0 aliphatic heterocycles. The molecule has 3 rings (SSSR count). The fraction of sp³-hybridized carbons (Fsp3) is 0.357. The highest BCUT2D eigenvalue weighted by molar-refractivity contribution is 5.98. The van der Waals surface area contributed by atoms with Crippen LogP contribution < -0.4 is 5.73 Å². The topological polar surface area (TPSA) is 58.9 Å². The Bertz CT molecular complexity index is 598. The SMILES string of the molecule is CC1CCc2[nH]c3ccc(C(N)=O)cc3c2C1. The van der Waals surface area contributed by atoms with Gasteiger partial charge in [-0.1, -0.05) is 6.92 Å². The second-order valence-corrected chi connectivity index (χ2v) is 5.05. The number of benzene rings is 1. The number of rotatable bonds is 1. The van der Waals surface area contributed by atoms with E-state index >= 15 is 0 Å². The summed E-state index contributed by atoms with van der Waals surface area (Å²) in [5.41, 5.74) is 9.75. The second-order valence-electron chi connectivity index (χ2n) is 5.05. The summed E-state index contributed by atoms with van der Waals surface area (Å²) in [5.74, 6) is 0.365. The monoisotopic (exact) mass is 228 g/mol. The number of aryl methyl sites for hydroxylation is 1. The molecule has 2 aromatic rings. The van der Waals surface area contributed by atoms with Crippen molar-refractivity contribution in [2.45, 2.75) is 26.2 Å². The van der Waals surface area contributed by atoms with Gasteiger partial charge in [-0.2, -0.15) is 0 Å². The van der Waals surface area contributed by atoms with Crippen molar-refractivity contribution >= 4 is 16.8 Å². The molecular weight excluding hydrogens is 212 g/mol. The molecule has 1 aromatic carbocycles. The molecule has 1 amide bonds. The molecule has 1 aliphatic rings. The number of carbonyl (C=O) groups is 1. The molecule has 0 saturated heterocycles. The second kappa shape index (κ2) is 3.62. The van der Waals surface area contributed by atoms with E-state index in [0.29, 0.717) is 5.56 Å². The number of aromatic amines is 1. The van der Waals surface area contributed by atoms with Gasteiger partial charge in [-0.25, -0.2) is 0 Å². The van der Waals surface area contributed by atoms with Gasteiger partial charge < -0.3 is 10.7 Å². The molecule has 88 valence electrons. The van der Waals surface area contributed by atoms with E-state index in [1.54, 1.807) is 6.07 Å². The number of H-pyrrole nitrogens is 1.